The van der Waals surface area contributed by atoms with Crippen molar-refractivity contribution in [1.82, 2.24) is 35.8 Å². The van der Waals surface area contributed by atoms with Gasteiger partial charge in [-0.05, 0) is 53.7 Å². The number of pyridine rings is 1. The Balaban J connectivity index is 1.29. The molecule has 0 spiro atoms. The molecular formula is C20H21N7. The number of hydrogen-bond donors (Lipinski definition) is 2. The fraction of sp³-hybridized carbons (Fsp3) is 0.300. The highest BCUT2D eigenvalue weighted by Crippen LogP contribution is 2.27. The van der Waals surface area contributed by atoms with Gasteiger partial charge in [-0.2, -0.15) is 5.21 Å². The Bertz CT molecular complexity index is 964. The molecule has 5 rings (SSSR count). The standard InChI is InChI=1S/C20H21N7/c1-2-4-16-9-14(5-6-15(16)3-1)11-27-12-19(22-13-27)18-10-17(7-8-21-18)20-23-25-26-24-20/h1-4,7-8,10,12,14,22H,5-6,9,11,13H2,(H,23,24,25,26). The normalized spacial score (nSPS) is 18.7. The Morgan fingerprint density at radius 3 is 2.96 bits per heavy atom. The van der Waals surface area contributed by atoms with Gasteiger partial charge in [-0.1, -0.05) is 24.3 Å². The second kappa shape index (κ2) is 6.83. The number of nitrogens with zero attached hydrogens (tertiary/aromatic N) is 5. The molecule has 0 fully saturated rings. The molecule has 1 atom stereocenters. The van der Waals surface area contributed by atoms with Gasteiger partial charge in [0.05, 0.1) is 18.1 Å². The number of benzene rings is 1. The van der Waals surface area contributed by atoms with Crippen molar-refractivity contribution in [3.05, 3.63) is 65.6 Å². The lowest BCUT2D eigenvalue weighted by Crippen LogP contribution is -2.30. The van der Waals surface area contributed by atoms with Gasteiger partial charge in [0, 0.05) is 24.5 Å². The average Bonchev–Trinajstić information content (AvgIpc) is 3.40. The largest absolute Gasteiger partial charge is 0.365 e. The maximum Gasteiger partial charge on any atom is 0.204 e. The van der Waals surface area contributed by atoms with Crippen molar-refractivity contribution < 1.29 is 0 Å². The van der Waals surface area contributed by atoms with Crippen molar-refractivity contribution >= 4 is 5.70 Å². The fourth-order valence-electron chi connectivity index (χ4n) is 4.00. The third-order valence-electron chi connectivity index (χ3n) is 5.37. The summed E-state index contributed by atoms with van der Waals surface area (Å²) >= 11 is 0. The molecule has 2 aromatic heterocycles. The predicted octanol–water partition coefficient (Wildman–Crippen LogP) is 2.23. The molecule has 7 nitrogen and oxygen atoms in total. The minimum Gasteiger partial charge on any atom is -0.365 e. The molecule has 0 radical (unpaired) electrons. The van der Waals surface area contributed by atoms with Crippen LogP contribution in [-0.2, 0) is 12.8 Å². The molecule has 7 heteroatoms. The monoisotopic (exact) mass is 359 g/mol. The second-order valence-corrected chi connectivity index (χ2v) is 7.19. The van der Waals surface area contributed by atoms with Crippen molar-refractivity contribution in [3.63, 3.8) is 0 Å². The summed E-state index contributed by atoms with van der Waals surface area (Å²) in [5.41, 5.74) is 5.87. The first-order valence-corrected chi connectivity index (χ1v) is 9.32. The van der Waals surface area contributed by atoms with Gasteiger partial charge in [0.25, 0.3) is 0 Å². The van der Waals surface area contributed by atoms with Crippen LogP contribution in [0.25, 0.3) is 17.1 Å². The number of H-pyrrole nitrogens is 1. The fourth-order valence-corrected chi connectivity index (χ4v) is 4.00. The SMILES string of the molecule is C1=C(c2cc(-c3nn[nH]n3)ccn2)NCN1CC1CCc2ccccc2C1. The highest BCUT2D eigenvalue weighted by Gasteiger charge is 2.22. The van der Waals surface area contributed by atoms with E-state index in [1.807, 2.05) is 12.1 Å². The van der Waals surface area contributed by atoms with Crippen molar-refractivity contribution in [2.45, 2.75) is 19.3 Å². The molecule has 3 aromatic rings. The predicted molar refractivity (Wildman–Crippen MR) is 102 cm³/mol. The maximum absolute atomic E-state index is 4.50. The van der Waals surface area contributed by atoms with Gasteiger partial charge in [-0.15, -0.1) is 10.2 Å². The van der Waals surface area contributed by atoms with E-state index in [0.29, 0.717) is 11.7 Å². The lowest BCUT2D eigenvalue weighted by molar-refractivity contribution is 0.297. The Morgan fingerprint density at radius 2 is 2.07 bits per heavy atom. The molecule has 0 saturated heterocycles. The molecule has 27 heavy (non-hydrogen) atoms. The molecule has 136 valence electrons. The van der Waals surface area contributed by atoms with E-state index in [1.165, 1.54) is 30.4 Å². The number of aryl methyl sites for hydroxylation is 1. The highest BCUT2D eigenvalue weighted by molar-refractivity contribution is 5.66. The van der Waals surface area contributed by atoms with Gasteiger partial charge in [-0.25, -0.2) is 0 Å². The molecule has 1 aliphatic carbocycles. The molecular weight excluding hydrogens is 338 g/mol. The van der Waals surface area contributed by atoms with E-state index >= 15 is 0 Å². The van der Waals surface area contributed by atoms with Crippen LogP contribution in [0.4, 0.5) is 0 Å². The van der Waals surface area contributed by atoms with Crippen molar-refractivity contribution in [2.75, 3.05) is 13.2 Å². The number of tetrazole rings is 1. The average molecular weight is 359 g/mol. The van der Waals surface area contributed by atoms with Crippen LogP contribution in [0.1, 0.15) is 23.2 Å². The minimum atomic E-state index is 0.579. The van der Waals surface area contributed by atoms with Crippen LogP contribution in [0.2, 0.25) is 0 Å². The summed E-state index contributed by atoms with van der Waals surface area (Å²) in [5, 5.41) is 17.7. The summed E-state index contributed by atoms with van der Waals surface area (Å²) in [6, 6.07) is 12.7. The van der Waals surface area contributed by atoms with E-state index in [-0.39, 0.29) is 0 Å². The molecule has 1 aliphatic heterocycles. The van der Waals surface area contributed by atoms with Crippen molar-refractivity contribution in [3.8, 4) is 11.4 Å². The first-order valence-electron chi connectivity index (χ1n) is 9.32. The molecule has 0 saturated carbocycles. The molecule has 3 heterocycles. The Labute approximate surface area is 157 Å². The van der Waals surface area contributed by atoms with Gasteiger partial charge in [0.15, 0.2) is 0 Å². The van der Waals surface area contributed by atoms with E-state index < -0.39 is 0 Å². The Hall–Kier alpha value is -3.22. The van der Waals surface area contributed by atoms with Gasteiger partial charge in [-0.3, -0.25) is 4.98 Å². The first-order chi connectivity index (χ1) is 13.3. The van der Waals surface area contributed by atoms with Gasteiger partial charge in [0.1, 0.15) is 0 Å². The summed E-state index contributed by atoms with van der Waals surface area (Å²) < 4.78 is 0. The van der Waals surface area contributed by atoms with Gasteiger partial charge >= 0.3 is 0 Å². The molecule has 2 aliphatic rings. The summed E-state index contributed by atoms with van der Waals surface area (Å²) in [6.45, 7) is 1.89. The third-order valence-corrected chi connectivity index (χ3v) is 5.37. The quantitative estimate of drug-likeness (QED) is 0.743. The van der Waals surface area contributed by atoms with Gasteiger partial charge in [0.2, 0.25) is 5.82 Å². The van der Waals surface area contributed by atoms with Crippen LogP contribution in [0.5, 0.6) is 0 Å². The van der Waals surface area contributed by atoms with E-state index in [9.17, 15) is 0 Å². The van der Waals surface area contributed by atoms with Crippen LogP contribution in [0.15, 0.2) is 48.8 Å². The number of fused-ring (bicyclic) bond motifs is 1. The lowest BCUT2D eigenvalue weighted by atomic mass is 9.84. The number of rotatable bonds is 4. The molecule has 2 N–H and O–H groups in total. The molecule has 0 bridgehead atoms. The number of aromatic amines is 1. The first kappa shape index (κ1) is 16.0. The van der Waals surface area contributed by atoms with Crippen LogP contribution < -0.4 is 5.32 Å². The van der Waals surface area contributed by atoms with E-state index in [0.717, 1.165) is 30.2 Å². The number of hydrogen-bond acceptors (Lipinski definition) is 6. The highest BCUT2D eigenvalue weighted by atomic mass is 15.5. The van der Waals surface area contributed by atoms with Crippen LogP contribution in [0.3, 0.4) is 0 Å². The van der Waals surface area contributed by atoms with Crippen LogP contribution in [0, 0.1) is 5.92 Å². The van der Waals surface area contributed by atoms with Crippen molar-refractivity contribution in [2.24, 2.45) is 5.92 Å². The summed E-state index contributed by atoms with van der Waals surface area (Å²) in [5.74, 6) is 1.27. The minimum absolute atomic E-state index is 0.579. The summed E-state index contributed by atoms with van der Waals surface area (Å²) in [4.78, 5) is 6.86. The molecule has 1 unspecified atom stereocenters. The zero-order chi connectivity index (χ0) is 18.1. The Kier molecular flexibility index (Phi) is 4.04. The maximum atomic E-state index is 4.50. The van der Waals surface area contributed by atoms with Crippen molar-refractivity contribution in [1.29, 1.82) is 0 Å². The summed E-state index contributed by atoms with van der Waals surface area (Å²) in [6.07, 6.45) is 7.57. The van der Waals surface area contributed by atoms with E-state index in [4.69, 9.17) is 0 Å². The summed E-state index contributed by atoms with van der Waals surface area (Å²) in [7, 11) is 0. The van der Waals surface area contributed by atoms with Gasteiger partial charge < -0.3 is 10.2 Å². The zero-order valence-electron chi connectivity index (χ0n) is 15.0. The van der Waals surface area contributed by atoms with Crippen LogP contribution in [-0.4, -0.2) is 43.7 Å². The van der Waals surface area contributed by atoms with E-state index in [1.54, 1.807) is 6.20 Å². The molecule has 0 amide bonds. The molecule has 1 aromatic carbocycles. The van der Waals surface area contributed by atoms with E-state index in [2.05, 4.69) is 66.3 Å². The topological polar surface area (TPSA) is 82.6 Å². The number of nitrogens with one attached hydrogen (secondary N) is 2. The van der Waals surface area contributed by atoms with Crippen LogP contribution >= 0.6 is 0 Å². The lowest BCUT2D eigenvalue weighted by Gasteiger charge is -2.28. The third kappa shape index (κ3) is 3.28. The second-order valence-electron chi connectivity index (χ2n) is 7.19. The number of aromatic nitrogens is 5. The zero-order valence-corrected chi connectivity index (χ0v) is 15.0. The Morgan fingerprint density at radius 1 is 1.15 bits per heavy atom. The smallest absolute Gasteiger partial charge is 0.204 e.